The molecule has 0 aliphatic carbocycles. The fraction of sp³-hybridized carbons (Fsp3) is 0.214. The van der Waals surface area contributed by atoms with Crippen molar-refractivity contribution in [2.75, 3.05) is 23.9 Å². The SMILES string of the molecule is NCCc1nnc2n1NC(c1ccc3c(c1)NC(=O)CO3)=CS2. The average molecular weight is 330 g/mol. The molecule has 118 valence electrons. The van der Waals surface area contributed by atoms with E-state index < -0.39 is 0 Å². The van der Waals surface area contributed by atoms with Crippen molar-refractivity contribution >= 4 is 29.1 Å². The zero-order chi connectivity index (χ0) is 15.8. The van der Waals surface area contributed by atoms with Gasteiger partial charge in [0, 0.05) is 17.4 Å². The number of anilines is 1. The van der Waals surface area contributed by atoms with Crippen LogP contribution >= 0.6 is 11.8 Å². The molecule has 0 atom stereocenters. The summed E-state index contributed by atoms with van der Waals surface area (Å²) in [6.45, 7) is 0.557. The summed E-state index contributed by atoms with van der Waals surface area (Å²) in [5.74, 6) is 1.31. The number of benzene rings is 1. The number of nitrogens with two attached hydrogens (primary N) is 1. The third-order valence-corrected chi connectivity index (χ3v) is 4.33. The summed E-state index contributed by atoms with van der Waals surface area (Å²) >= 11 is 1.48. The number of carbonyl (C=O) groups is 1. The molecule has 0 unspecified atom stereocenters. The van der Waals surface area contributed by atoms with Gasteiger partial charge < -0.3 is 15.8 Å². The molecular formula is C14H14N6O2S. The number of fused-ring (bicyclic) bond motifs is 2. The van der Waals surface area contributed by atoms with Gasteiger partial charge in [0.1, 0.15) is 5.75 Å². The van der Waals surface area contributed by atoms with E-state index in [1.54, 1.807) is 0 Å². The Balaban J connectivity index is 1.64. The molecule has 8 nitrogen and oxygen atoms in total. The minimum absolute atomic E-state index is 0.0512. The summed E-state index contributed by atoms with van der Waals surface area (Å²) in [7, 11) is 0. The number of hydrogen-bond donors (Lipinski definition) is 3. The van der Waals surface area contributed by atoms with Gasteiger partial charge in [0.25, 0.3) is 5.91 Å². The minimum atomic E-state index is -0.152. The highest BCUT2D eigenvalue weighted by Crippen LogP contribution is 2.33. The molecular weight excluding hydrogens is 316 g/mol. The van der Waals surface area contributed by atoms with E-state index in [0.29, 0.717) is 24.4 Å². The van der Waals surface area contributed by atoms with Gasteiger partial charge in [-0.05, 0) is 24.7 Å². The van der Waals surface area contributed by atoms with Gasteiger partial charge in [0.15, 0.2) is 12.4 Å². The predicted molar refractivity (Wildman–Crippen MR) is 86.5 cm³/mol. The van der Waals surface area contributed by atoms with Gasteiger partial charge in [-0.1, -0.05) is 11.8 Å². The van der Waals surface area contributed by atoms with Crippen molar-refractivity contribution in [3.05, 3.63) is 35.0 Å². The maximum atomic E-state index is 11.5. The Hall–Kier alpha value is -2.52. The molecule has 9 heteroatoms. The molecule has 1 aromatic carbocycles. The van der Waals surface area contributed by atoms with Crippen LogP contribution in [0.5, 0.6) is 5.75 Å². The number of rotatable bonds is 3. The van der Waals surface area contributed by atoms with E-state index in [1.165, 1.54) is 11.8 Å². The second-order valence-electron chi connectivity index (χ2n) is 5.08. The van der Waals surface area contributed by atoms with E-state index in [4.69, 9.17) is 10.5 Å². The largest absolute Gasteiger partial charge is 0.482 e. The van der Waals surface area contributed by atoms with E-state index in [1.807, 2.05) is 28.3 Å². The molecule has 23 heavy (non-hydrogen) atoms. The number of carbonyl (C=O) groups excluding carboxylic acids is 1. The van der Waals surface area contributed by atoms with Gasteiger partial charge in [-0.3, -0.25) is 10.2 Å². The molecule has 0 spiro atoms. The molecule has 1 amide bonds. The Morgan fingerprint density at radius 1 is 1.39 bits per heavy atom. The summed E-state index contributed by atoms with van der Waals surface area (Å²) in [6.07, 6.45) is 0.641. The quantitative estimate of drug-likeness (QED) is 0.762. The smallest absolute Gasteiger partial charge is 0.262 e. The first kappa shape index (κ1) is 14.1. The van der Waals surface area contributed by atoms with Crippen molar-refractivity contribution in [1.82, 2.24) is 14.9 Å². The van der Waals surface area contributed by atoms with E-state index >= 15 is 0 Å². The third kappa shape index (κ3) is 2.53. The molecule has 4 N–H and O–H groups in total. The van der Waals surface area contributed by atoms with Crippen LogP contribution in [0.25, 0.3) is 5.70 Å². The first-order valence-corrected chi connectivity index (χ1v) is 7.98. The maximum absolute atomic E-state index is 11.5. The van der Waals surface area contributed by atoms with Crippen molar-refractivity contribution < 1.29 is 9.53 Å². The van der Waals surface area contributed by atoms with Crippen LogP contribution in [0, 0.1) is 0 Å². The highest BCUT2D eigenvalue weighted by molar-refractivity contribution is 8.02. The van der Waals surface area contributed by atoms with Crippen LogP contribution in [0.1, 0.15) is 11.4 Å². The van der Waals surface area contributed by atoms with E-state index in [-0.39, 0.29) is 12.5 Å². The Morgan fingerprint density at radius 2 is 2.30 bits per heavy atom. The summed E-state index contributed by atoms with van der Waals surface area (Å²) in [6, 6.07) is 5.66. The fourth-order valence-electron chi connectivity index (χ4n) is 2.42. The second kappa shape index (κ2) is 5.60. The lowest BCUT2D eigenvalue weighted by Gasteiger charge is -2.22. The molecule has 0 saturated carbocycles. The van der Waals surface area contributed by atoms with Gasteiger partial charge in [-0.25, -0.2) is 4.68 Å². The van der Waals surface area contributed by atoms with Crippen molar-refractivity contribution in [2.45, 2.75) is 11.6 Å². The lowest BCUT2D eigenvalue weighted by atomic mass is 10.1. The monoisotopic (exact) mass is 330 g/mol. The fourth-order valence-corrected chi connectivity index (χ4v) is 3.18. The number of nitrogens with zero attached hydrogens (tertiary/aromatic N) is 3. The maximum Gasteiger partial charge on any atom is 0.262 e. The Labute approximate surface area is 136 Å². The number of hydrogen-bond acceptors (Lipinski definition) is 7. The molecule has 2 aliphatic heterocycles. The number of ether oxygens (including phenoxy) is 1. The molecule has 0 saturated heterocycles. The van der Waals surface area contributed by atoms with Crippen LogP contribution in [0.2, 0.25) is 0 Å². The number of amides is 1. The van der Waals surface area contributed by atoms with E-state index in [2.05, 4.69) is 20.9 Å². The van der Waals surface area contributed by atoms with Crippen molar-refractivity contribution in [3.63, 3.8) is 0 Å². The summed E-state index contributed by atoms with van der Waals surface area (Å²) in [4.78, 5) is 11.5. The zero-order valence-electron chi connectivity index (χ0n) is 12.1. The first-order valence-electron chi connectivity index (χ1n) is 7.10. The van der Waals surface area contributed by atoms with Crippen molar-refractivity contribution in [3.8, 4) is 5.75 Å². The molecule has 0 bridgehead atoms. The molecule has 3 heterocycles. The lowest BCUT2D eigenvalue weighted by Crippen LogP contribution is -2.25. The zero-order valence-corrected chi connectivity index (χ0v) is 12.9. The second-order valence-corrected chi connectivity index (χ2v) is 5.92. The van der Waals surface area contributed by atoms with Gasteiger partial charge in [0.05, 0.1) is 11.4 Å². The van der Waals surface area contributed by atoms with Crippen LogP contribution in [0.3, 0.4) is 0 Å². The Morgan fingerprint density at radius 3 is 3.17 bits per heavy atom. The van der Waals surface area contributed by atoms with E-state index in [0.717, 1.165) is 22.2 Å². The summed E-state index contributed by atoms with van der Waals surface area (Å²) < 4.78 is 7.21. The van der Waals surface area contributed by atoms with E-state index in [9.17, 15) is 4.79 Å². The topological polar surface area (TPSA) is 107 Å². The number of thioether (sulfide) groups is 1. The molecule has 2 aromatic rings. The average Bonchev–Trinajstić information content (AvgIpc) is 2.97. The van der Waals surface area contributed by atoms with Gasteiger partial charge >= 0.3 is 0 Å². The standard InChI is InChI=1S/C14H14N6O2S/c15-4-3-12-17-18-14-20(12)19-10(7-23-14)8-1-2-11-9(5-8)16-13(21)6-22-11/h1-2,5,7,19H,3-4,6,15H2,(H,16,21). The van der Waals surface area contributed by atoms with Crippen LogP contribution in [0.15, 0.2) is 28.8 Å². The van der Waals surface area contributed by atoms with Crippen LogP contribution in [0.4, 0.5) is 5.69 Å². The molecule has 0 radical (unpaired) electrons. The highest BCUT2D eigenvalue weighted by atomic mass is 32.2. The number of nitrogens with one attached hydrogen (secondary N) is 2. The Bertz CT molecular complexity index is 816. The third-order valence-electron chi connectivity index (χ3n) is 3.51. The van der Waals surface area contributed by atoms with Crippen LogP contribution < -0.4 is 21.2 Å². The van der Waals surface area contributed by atoms with Crippen molar-refractivity contribution in [2.24, 2.45) is 5.73 Å². The lowest BCUT2D eigenvalue weighted by molar-refractivity contribution is -0.118. The normalized spacial score (nSPS) is 15.7. The highest BCUT2D eigenvalue weighted by Gasteiger charge is 2.20. The molecule has 4 rings (SSSR count). The predicted octanol–water partition coefficient (Wildman–Crippen LogP) is 0.758. The molecule has 2 aliphatic rings. The summed E-state index contributed by atoms with van der Waals surface area (Å²) in [5.41, 5.74) is 11.4. The van der Waals surface area contributed by atoms with Crippen LogP contribution in [-0.2, 0) is 11.2 Å². The molecule has 1 aromatic heterocycles. The van der Waals surface area contributed by atoms with Crippen LogP contribution in [-0.4, -0.2) is 33.9 Å². The van der Waals surface area contributed by atoms with Gasteiger partial charge in [-0.15, -0.1) is 10.2 Å². The minimum Gasteiger partial charge on any atom is -0.482 e. The van der Waals surface area contributed by atoms with Crippen molar-refractivity contribution in [1.29, 1.82) is 0 Å². The van der Waals surface area contributed by atoms with Gasteiger partial charge in [0.2, 0.25) is 5.16 Å². The number of aromatic nitrogens is 3. The first-order chi connectivity index (χ1) is 11.2. The van der Waals surface area contributed by atoms with Gasteiger partial charge in [-0.2, -0.15) is 0 Å². The Kier molecular flexibility index (Phi) is 3.43. The molecule has 0 fully saturated rings. The summed E-state index contributed by atoms with van der Waals surface area (Å²) in [5, 5.41) is 13.8.